The molecule has 2 unspecified atom stereocenters. The molecule has 4 nitrogen and oxygen atoms in total. The molecule has 0 saturated carbocycles. The number of carbonyl (C=O) groups is 1. The Morgan fingerprint density at radius 3 is 2.83 bits per heavy atom. The molecule has 24 heavy (non-hydrogen) atoms. The van der Waals surface area contributed by atoms with Crippen LogP contribution in [0.15, 0.2) is 24.3 Å². The summed E-state index contributed by atoms with van der Waals surface area (Å²) in [6.07, 6.45) is 7.76. The van der Waals surface area contributed by atoms with Crippen molar-refractivity contribution < 1.29 is 9.53 Å². The SMILES string of the molecule is CCCCOc1cccc(CNC(=O)CC2CC3CCC(C2)N3)c1. The highest BCUT2D eigenvalue weighted by molar-refractivity contribution is 5.76. The topological polar surface area (TPSA) is 50.4 Å². The first-order chi connectivity index (χ1) is 11.7. The second kappa shape index (κ2) is 8.52. The van der Waals surface area contributed by atoms with Gasteiger partial charge in [-0.25, -0.2) is 0 Å². The highest BCUT2D eigenvalue weighted by Gasteiger charge is 2.34. The zero-order chi connectivity index (χ0) is 16.8. The molecule has 2 N–H and O–H groups in total. The third-order valence-electron chi connectivity index (χ3n) is 5.20. The highest BCUT2D eigenvalue weighted by Crippen LogP contribution is 2.32. The lowest BCUT2D eigenvalue weighted by atomic mass is 9.89. The number of fused-ring (bicyclic) bond motifs is 2. The highest BCUT2D eigenvalue weighted by atomic mass is 16.5. The van der Waals surface area contributed by atoms with E-state index in [-0.39, 0.29) is 5.91 Å². The van der Waals surface area contributed by atoms with Crippen molar-refractivity contribution >= 4 is 5.91 Å². The zero-order valence-electron chi connectivity index (χ0n) is 14.7. The predicted octanol–water partition coefficient (Wildman–Crippen LogP) is 3.40. The van der Waals surface area contributed by atoms with Crippen molar-refractivity contribution in [2.75, 3.05) is 6.61 Å². The summed E-state index contributed by atoms with van der Waals surface area (Å²) in [4.78, 5) is 12.3. The fourth-order valence-corrected chi connectivity index (χ4v) is 3.96. The molecular formula is C20H30N2O2. The second-order valence-corrected chi connectivity index (χ2v) is 7.31. The molecule has 0 radical (unpaired) electrons. The van der Waals surface area contributed by atoms with Gasteiger partial charge in [0.2, 0.25) is 5.91 Å². The summed E-state index contributed by atoms with van der Waals surface area (Å²) in [7, 11) is 0. The number of ether oxygens (including phenoxy) is 1. The van der Waals surface area contributed by atoms with Gasteiger partial charge in [-0.3, -0.25) is 4.79 Å². The van der Waals surface area contributed by atoms with Gasteiger partial charge in [0.25, 0.3) is 0 Å². The summed E-state index contributed by atoms with van der Waals surface area (Å²) in [5, 5.41) is 6.71. The van der Waals surface area contributed by atoms with E-state index in [1.165, 1.54) is 12.8 Å². The summed E-state index contributed by atoms with van der Waals surface area (Å²) in [6.45, 7) is 3.50. The van der Waals surface area contributed by atoms with Gasteiger partial charge in [-0.05, 0) is 55.7 Å². The third kappa shape index (κ3) is 4.97. The maximum atomic E-state index is 12.3. The van der Waals surface area contributed by atoms with Crippen molar-refractivity contribution in [1.29, 1.82) is 0 Å². The molecule has 2 saturated heterocycles. The van der Waals surface area contributed by atoms with Crippen molar-refractivity contribution in [1.82, 2.24) is 10.6 Å². The first-order valence-electron chi connectivity index (χ1n) is 9.47. The van der Waals surface area contributed by atoms with Gasteiger partial charge in [0, 0.05) is 25.0 Å². The van der Waals surface area contributed by atoms with Crippen molar-refractivity contribution in [3.63, 3.8) is 0 Å². The molecule has 132 valence electrons. The molecule has 4 heteroatoms. The van der Waals surface area contributed by atoms with Gasteiger partial charge >= 0.3 is 0 Å². The maximum Gasteiger partial charge on any atom is 0.220 e. The molecule has 2 aliphatic heterocycles. The summed E-state index contributed by atoms with van der Waals surface area (Å²) in [6, 6.07) is 9.34. The lowest BCUT2D eigenvalue weighted by Gasteiger charge is -2.28. The Labute approximate surface area is 145 Å². The van der Waals surface area contributed by atoms with Crippen LogP contribution in [-0.2, 0) is 11.3 Å². The van der Waals surface area contributed by atoms with E-state index in [9.17, 15) is 4.79 Å². The van der Waals surface area contributed by atoms with Gasteiger partial charge in [-0.1, -0.05) is 25.5 Å². The molecule has 0 spiro atoms. The first-order valence-corrected chi connectivity index (χ1v) is 9.47. The average Bonchev–Trinajstić information content (AvgIpc) is 2.92. The Morgan fingerprint density at radius 2 is 2.08 bits per heavy atom. The number of carbonyl (C=O) groups excluding carboxylic acids is 1. The molecule has 2 heterocycles. The van der Waals surface area contributed by atoms with Crippen LogP contribution in [0, 0.1) is 5.92 Å². The van der Waals surface area contributed by atoms with Crippen LogP contribution in [-0.4, -0.2) is 24.6 Å². The van der Waals surface area contributed by atoms with E-state index < -0.39 is 0 Å². The van der Waals surface area contributed by atoms with Crippen molar-refractivity contribution in [3.8, 4) is 5.75 Å². The molecule has 2 bridgehead atoms. The fraction of sp³-hybridized carbons (Fsp3) is 0.650. The number of hydrogen-bond acceptors (Lipinski definition) is 3. The van der Waals surface area contributed by atoms with Crippen molar-refractivity contribution in [2.24, 2.45) is 5.92 Å². The van der Waals surface area contributed by atoms with Crippen LogP contribution in [0.5, 0.6) is 5.75 Å². The number of amides is 1. The molecule has 1 aromatic carbocycles. The minimum Gasteiger partial charge on any atom is -0.494 e. The zero-order valence-corrected chi connectivity index (χ0v) is 14.7. The summed E-state index contributed by atoms with van der Waals surface area (Å²) in [5.41, 5.74) is 1.10. The molecule has 2 atom stereocenters. The fourth-order valence-electron chi connectivity index (χ4n) is 3.96. The lowest BCUT2D eigenvalue weighted by Crippen LogP contribution is -2.39. The van der Waals surface area contributed by atoms with Gasteiger partial charge in [0.15, 0.2) is 0 Å². The van der Waals surface area contributed by atoms with Gasteiger partial charge in [-0.2, -0.15) is 0 Å². The molecule has 2 fully saturated rings. The Morgan fingerprint density at radius 1 is 1.29 bits per heavy atom. The molecule has 0 aliphatic carbocycles. The van der Waals surface area contributed by atoms with Crippen LogP contribution < -0.4 is 15.4 Å². The number of piperidine rings is 1. The number of nitrogens with one attached hydrogen (secondary N) is 2. The summed E-state index contributed by atoms with van der Waals surface area (Å²) in [5.74, 6) is 1.62. The molecule has 1 aromatic rings. The first kappa shape index (κ1) is 17.3. The van der Waals surface area contributed by atoms with Gasteiger partial charge in [0.1, 0.15) is 5.75 Å². The minimum atomic E-state index is 0.179. The van der Waals surface area contributed by atoms with Crippen molar-refractivity contribution in [3.05, 3.63) is 29.8 Å². The van der Waals surface area contributed by atoms with Gasteiger partial charge < -0.3 is 15.4 Å². The van der Waals surface area contributed by atoms with E-state index in [1.807, 2.05) is 24.3 Å². The Kier molecular flexibility index (Phi) is 6.13. The van der Waals surface area contributed by atoms with E-state index >= 15 is 0 Å². The lowest BCUT2D eigenvalue weighted by molar-refractivity contribution is -0.122. The van der Waals surface area contributed by atoms with Crippen LogP contribution >= 0.6 is 0 Å². The standard InChI is InChI=1S/C20H30N2O2/c1-2-3-9-24-19-6-4-5-15(12-19)14-21-20(23)13-16-10-17-7-8-18(11-16)22-17/h4-6,12,16-18,22H,2-3,7-11,13-14H2,1H3,(H,21,23). The normalized spacial score (nSPS) is 25.5. The van der Waals surface area contributed by atoms with Crippen LogP contribution in [0.4, 0.5) is 0 Å². The van der Waals surface area contributed by atoms with Crippen LogP contribution in [0.1, 0.15) is 57.4 Å². The van der Waals surface area contributed by atoms with Crippen LogP contribution in [0.3, 0.4) is 0 Å². The maximum absolute atomic E-state index is 12.3. The van der Waals surface area contributed by atoms with Gasteiger partial charge in [-0.15, -0.1) is 0 Å². The van der Waals surface area contributed by atoms with E-state index in [2.05, 4.69) is 17.6 Å². The number of benzene rings is 1. The molecule has 1 amide bonds. The Balaban J connectivity index is 1.41. The predicted molar refractivity (Wildman–Crippen MR) is 96.0 cm³/mol. The smallest absolute Gasteiger partial charge is 0.220 e. The quantitative estimate of drug-likeness (QED) is 0.718. The molecular weight excluding hydrogens is 300 g/mol. The minimum absolute atomic E-state index is 0.179. The van der Waals surface area contributed by atoms with E-state index in [4.69, 9.17) is 4.74 Å². The van der Waals surface area contributed by atoms with Crippen LogP contribution in [0.25, 0.3) is 0 Å². The summed E-state index contributed by atoms with van der Waals surface area (Å²) < 4.78 is 5.73. The van der Waals surface area contributed by atoms with Crippen molar-refractivity contribution in [2.45, 2.75) is 70.5 Å². The molecule has 0 aromatic heterocycles. The number of hydrogen-bond donors (Lipinski definition) is 2. The number of unbranched alkanes of at least 4 members (excludes halogenated alkanes) is 1. The summed E-state index contributed by atoms with van der Waals surface area (Å²) >= 11 is 0. The van der Waals surface area contributed by atoms with E-state index in [0.29, 0.717) is 31.0 Å². The van der Waals surface area contributed by atoms with E-state index in [1.54, 1.807) is 0 Å². The molecule has 3 rings (SSSR count). The third-order valence-corrected chi connectivity index (χ3v) is 5.20. The van der Waals surface area contributed by atoms with Crippen LogP contribution in [0.2, 0.25) is 0 Å². The Bertz CT molecular complexity index is 534. The largest absolute Gasteiger partial charge is 0.494 e. The van der Waals surface area contributed by atoms with E-state index in [0.717, 1.165) is 43.6 Å². The monoisotopic (exact) mass is 330 g/mol. The van der Waals surface area contributed by atoms with Gasteiger partial charge in [0.05, 0.1) is 6.61 Å². The molecule has 2 aliphatic rings. The average molecular weight is 330 g/mol. The Hall–Kier alpha value is -1.55. The second-order valence-electron chi connectivity index (χ2n) is 7.31. The number of rotatable bonds is 8.